The highest BCUT2D eigenvalue weighted by atomic mass is 16.5. The summed E-state index contributed by atoms with van der Waals surface area (Å²) in [7, 11) is 3.46. The van der Waals surface area contributed by atoms with Crippen molar-refractivity contribution in [2.75, 3.05) is 7.11 Å². The van der Waals surface area contributed by atoms with Gasteiger partial charge in [0, 0.05) is 12.6 Å². The summed E-state index contributed by atoms with van der Waals surface area (Å²) in [6.45, 7) is 3.99. The summed E-state index contributed by atoms with van der Waals surface area (Å²) < 4.78 is 12.9. The van der Waals surface area contributed by atoms with E-state index in [1.807, 2.05) is 17.8 Å². The monoisotopic (exact) mass is 288 g/mol. The molecule has 5 heteroatoms. The van der Waals surface area contributed by atoms with Crippen LogP contribution in [-0.2, 0) is 20.1 Å². The Bertz CT molecular complexity index is 647. The number of hydrogen-bond donors (Lipinski definition) is 0. The molecule has 1 heterocycles. The molecule has 0 saturated heterocycles. The molecule has 1 aromatic carbocycles. The van der Waals surface area contributed by atoms with Gasteiger partial charge in [-0.2, -0.15) is 5.10 Å². The lowest BCUT2D eigenvalue weighted by molar-refractivity contribution is 0.101. The summed E-state index contributed by atoms with van der Waals surface area (Å²) >= 11 is 0. The lowest BCUT2D eigenvalue weighted by Gasteiger charge is -2.11. The van der Waals surface area contributed by atoms with Gasteiger partial charge in [0.05, 0.1) is 18.5 Å². The third kappa shape index (κ3) is 3.42. The molecular weight excluding hydrogens is 268 g/mol. The second-order valence-electron chi connectivity index (χ2n) is 4.81. The van der Waals surface area contributed by atoms with Gasteiger partial charge in [-0.15, -0.1) is 0 Å². The normalized spacial score (nSPS) is 10.5. The molecule has 0 unspecified atom stereocenters. The van der Waals surface area contributed by atoms with Crippen LogP contribution >= 0.6 is 0 Å². The number of aryl methyl sites for hydroxylation is 2. The van der Waals surface area contributed by atoms with E-state index in [1.165, 1.54) is 6.92 Å². The van der Waals surface area contributed by atoms with Crippen molar-refractivity contribution in [3.8, 4) is 11.5 Å². The maximum absolute atomic E-state index is 11.4. The van der Waals surface area contributed by atoms with Crippen LogP contribution in [0.15, 0.2) is 24.3 Å². The SMILES string of the molecule is CCc1cc(COc2ccc(C(C)=O)cc2OC)n(C)n1. The lowest BCUT2D eigenvalue weighted by Crippen LogP contribution is -2.04. The highest BCUT2D eigenvalue weighted by Gasteiger charge is 2.10. The predicted molar refractivity (Wildman–Crippen MR) is 79.9 cm³/mol. The van der Waals surface area contributed by atoms with Gasteiger partial charge in [0.1, 0.15) is 6.61 Å². The summed E-state index contributed by atoms with van der Waals surface area (Å²) in [5.41, 5.74) is 2.63. The zero-order valence-corrected chi connectivity index (χ0v) is 12.8. The van der Waals surface area contributed by atoms with Crippen LogP contribution in [-0.4, -0.2) is 22.7 Å². The van der Waals surface area contributed by atoms with Crippen molar-refractivity contribution >= 4 is 5.78 Å². The molecule has 0 atom stereocenters. The van der Waals surface area contributed by atoms with Crippen molar-refractivity contribution in [3.05, 3.63) is 41.2 Å². The van der Waals surface area contributed by atoms with E-state index in [9.17, 15) is 4.79 Å². The Morgan fingerprint density at radius 2 is 2.05 bits per heavy atom. The molecule has 0 amide bonds. The Morgan fingerprint density at radius 3 is 2.62 bits per heavy atom. The molecule has 2 rings (SSSR count). The molecule has 0 bridgehead atoms. The number of hydrogen-bond acceptors (Lipinski definition) is 4. The van der Waals surface area contributed by atoms with Crippen LogP contribution < -0.4 is 9.47 Å². The van der Waals surface area contributed by atoms with Gasteiger partial charge >= 0.3 is 0 Å². The molecular formula is C16H20N2O3. The van der Waals surface area contributed by atoms with Crippen molar-refractivity contribution in [1.29, 1.82) is 0 Å². The Labute approximate surface area is 124 Å². The van der Waals surface area contributed by atoms with E-state index in [0.29, 0.717) is 23.7 Å². The fraction of sp³-hybridized carbons (Fsp3) is 0.375. The van der Waals surface area contributed by atoms with Crippen LogP contribution in [0.3, 0.4) is 0 Å². The van der Waals surface area contributed by atoms with Gasteiger partial charge in [-0.05, 0) is 37.6 Å². The van der Waals surface area contributed by atoms with Crippen molar-refractivity contribution < 1.29 is 14.3 Å². The molecule has 0 spiro atoms. The molecule has 0 aliphatic heterocycles. The Hall–Kier alpha value is -2.30. The van der Waals surface area contributed by atoms with E-state index in [0.717, 1.165) is 17.8 Å². The molecule has 21 heavy (non-hydrogen) atoms. The van der Waals surface area contributed by atoms with Gasteiger partial charge in [0.2, 0.25) is 0 Å². The minimum Gasteiger partial charge on any atom is -0.493 e. The largest absolute Gasteiger partial charge is 0.493 e. The quantitative estimate of drug-likeness (QED) is 0.767. The topological polar surface area (TPSA) is 53.4 Å². The number of Topliss-reactive ketones (excluding diaryl/α,β-unsaturated/α-hetero) is 1. The maximum atomic E-state index is 11.4. The standard InChI is InChI=1S/C16H20N2O3/c1-5-13-9-14(18(3)17-13)10-21-15-7-6-12(11(2)19)8-16(15)20-4/h6-9H,5,10H2,1-4H3. The van der Waals surface area contributed by atoms with E-state index < -0.39 is 0 Å². The number of carbonyl (C=O) groups is 1. The average molecular weight is 288 g/mol. The van der Waals surface area contributed by atoms with E-state index in [4.69, 9.17) is 9.47 Å². The minimum absolute atomic E-state index is 0.000859. The van der Waals surface area contributed by atoms with Gasteiger partial charge in [-0.25, -0.2) is 0 Å². The van der Waals surface area contributed by atoms with Gasteiger partial charge in [0.25, 0.3) is 0 Å². The number of carbonyl (C=O) groups excluding carboxylic acids is 1. The number of rotatable bonds is 6. The summed E-state index contributed by atoms with van der Waals surface area (Å²) in [6, 6.07) is 7.21. The molecule has 0 aliphatic carbocycles. The minimum atomic E-state index is -0.000859. The molecule has 0 N–H and O–H groups in total. The van der Waals surface area contributed by atoms with Crippen LogP contribution in [0.4, 0.5) is 0 Å². The molecule has 1 aromatic heterocycles. The Morgan fingerprint density at radius 1 is 1.29 bits per heavy atom. The smallest absolute Gasteiger partial charge is 0.161 e. The first-order valence-electron chi connectivity index (χ1n) is 6.88. The third-order valence-corrected chi connectivity index (χ3v) is 3.34. The summed E-state index contributed by atoms with van der Waals surface area (Å²) in [6.07, 6.45) is 0.893. The Balaban J connectivity index is 2.15. The third-order valence-electron chi connectivity index (χ3n) is 3.34. The number of aromatic nitrogens is 2. The zero-order valence-electron chi connectivity index (χ0n) is 12.8. The van der Waals surface area contributed by atoms with E-state index in [2.05, 4.69) is 12.0 Å². The van der Waals surface area contributed by atoms with E-state index in [1.54, 1.807) is 25.3 Å². The summed E-state index contributed by atoms with van der Waals surface area (Å²) in [5.74, 6) is 1.17. The predicted octanol–water partition coefficient (Wildman–Crippen LogP) is 2.77. The van der Waals surface area contributed by atoms with Gasteiger partial charge in [0.15, 0.2) is 17.3 Å². The van der Waals surface area contributed by atoms with Crippen molar-refractivity contribution in [1.82, 2.24) is 9.78 Å². The number of ketones is 1. The number of methoxy groups -OCH3 is 1. The average Bonchev–Trinajstić information content (AvgIpc) is 2.85. The lowest BCUT2D eigenvalue weighted by atomic mass is 10.1. The highest BCUT2D eigenvalue weighted by Crippen LogP contribution is 2.29. The second-order valence-corrected chi connectivity index (χ2v) is 4.81. The fourth-order valence-corrected chi connectivity index (χ4v) is 2.04. The van der Waals surface area contributed by atoms with Crippen molar-refractivity contribution in [2.45, 2.75) is 26.9 Å². The van der Waals surface area contributed by atoms with E-state index in [-0.39, 0.29) is 5.78 Å². The molecule has 0 fully saturated rings. The first-order chi connectivity index (χ1) is 10.0. The Kier molecular flexibility index (Phi) is 4.62. The number of nitrogens with zero attached hydrogens (tertiary/aromatic N) is 2. The summed E-state index contributed by atoms with van der Waals surface area (Å²) in [5, 5.41) is 4.38. The maximum Gasteiger partial charge on any atom is 0.161 e. The van der Waals surface area contributed by atoms with Gasteiger partial charge in [-0.1, -0.05) is 6.92 Å². The summed E-state index contributed by atoms with van der Waals surface area (Å²) in [4.78, 5) is 11.4. The molecule has 112 valence electrons. The first-order valence-corrected chi connectivity index (χ1v) is 6.88. The number of benzene rings is 1. The highest BCUT2D eigenvalue weighted by molar-refractivity contribution is 5.94. The molecule has 0 radical (unpaired) electrons. The number of ether oxygens (including phenoxy) is 2. The fourth-order valence-electron chi connectivity index (χ4n) is 2.04. The van der Waals surface area contributed by atoms with Gasteiger partial charge in [-0.3, -0.25) is 9.48 Å². The van der Waals surface area contributed by atoms with Crippen LogP contribution in [0.5, 0.6) is 11.5 Å². The molecule has 2 aromatic rings. The van der Waals surface area contributed by atoms with Gasteiger partial charge < -0.3 is 9.47 Å². The molecule has 5 nitrogen and oxygen atoms in total. The second kappa shape index (κ2) is 6.43. The first kappa shape index (κ1) is 15.1. The molecule has 0 saturated carbocycles. The van der Waals surface area contributed by atoms with Crippen LogP contribution in [0, 0.1) is 0 Å². The molecule has 0 aliphatic rings. The van der Waals surface area contributed by atoms with Crippen LogP contribution in [0.2, 0.25) is 0 Å². The van der Waals surface area contributed by atoms with E-state index >= 15 is 0 Å². The zero-order chi connectivity index (χ0) is 15.4. The van der Waals surface area contributed by atoms with Crippen molar-refractivity contribution in [3.63, 3.8) is 0 Å². The van der Waals surface area contributed by atoms with Crippen molar-refractivity contribution in [2.24, 2.45) is 7.05 Å². The van der Waals surface area contributed by atoms with Crippen LogP contribution in [0.1, 0.15) is 35.6 Å². The van der Waals surface area contributed by atoms with Crippen LogP contribution in [0.25, 0.3) is 0 Å².